The van der Waals surface area contributed by atoms with Crippen molar-refractivity contribution in [1.82, 2.24) is 10.2 Å². The number of hydrogen-bond acceptors (Lipinski definition) is 4. The summed E-state index contributed by atoms with van der Waals surface area (Å²) in [6.07, 6.45) is -0.705. The molecule has 23 heavy (non-hydrogen) atoms. The topological polar surface area (TPSA) is 67.9 Å². The summed E-state index contributed by atoms with van der Waals surface area (Å²) in [6, 6.07) is 8.99. The van der Waals surface area contributed by atoms with Crippen molar-refractivity contribution < 1.29 is 19.1 Å². The fourth-order valence-electron chi connectivity index (χ4n) is 3.07. The van der Waals surface area contributed by atoms with Gasteiger partial charge in [0, 0.05) is 13.1 Å². The molecule has 2 aliphatic heterocycles. The third kappa shape index (κ3) is 3.54. The van der Waals surface area contributed by atoms with Crippen LogP contribution < -0.4 is 5.32 Å². The van der Waals surface area contributed by atoms with Gasteiger partial charge in [-0.05, 0) is 19.4 Å². The van der Waals surface area contributed by atoms with Crippen molar-refractivity contribution in [2.24, 2.45) is 0 Å². The minimum absolute atomic E-state index is 0.0898. The number of hydrogen-bond donors (Lipinski definition) is 1. The zero-order valence-electron chi connectivity index (χ0n) is 13.5. The molecular weight excluding hydrogens is 296 g/mol. The maximum atomic E-state index is 12.9. The zero-order valence-corrected chi connectivity index (χ0v) is 13.5. The lowest BCUT2D eigenvalue weighted by Gasteiger charge is -2.41. The van der Waals surface area contributed by atoms with E-state index in [1.807, 2.05) is 44.2 Å². The number of morpholine rings is 2. The fraction of sp³-hybridized carbons (Fsp3) is 0.529. The van der Waals surface area contributed by atoms with Crippen molar-refractivity contribution in [2.45, 2.75) is 31.6 Å². The van der Waals surface area contributed by atoms with Crippen LogP contribution in [0.3, 0.4) is 0 Å². The summed E-state index contributed by atoms with van der Waals surface area (Å²) in [5.74, 6) is -0.305. The average molecular weight is 318 g/mol. The highest BCUT2D eigenvalue weighted by Gasteiger charge is 2.40. The molecular formula is C17H22N2O4. The van der Waals surface area contributed by atoms with Crippen LogP contribution in [0.25, 0.3) is 0 Å². The molecule has 2 heterocycles. The van der Waals surface area contributed by atoms with E-state index in [0.717, 1.165) is 5.56 Å². The minimum atomic E-state index is -0.705. The van der Waals surface area contributed by atoms with Gasteiger partial charge in [0.1, 0.15) is 6.61 Å². The van der Waals surface area contributed by atoms with Crippen molar-refractivity contribution in [2.75, 3.05) is 26.3 Å². The van der Waals surface area contributed by atoms with Crippen LogP contribution >= 0.6 is 0 Å². The molecule has 1 aromatic carbocycles. The van der Waals surface area contributed by atoms with Crippen molar-refractivity contribution in [1.29, 1.82) is 0 Å². The van der Waals surface area contributed by atoms with E-state index in [0.29, 0.717) is 19.7 Å². The van der Waals surface area contributed by atoms with Gasteiger partial charge < -0.3 is 19.7 Å². The molecule has 0 aliphatic carbocycles. The Morgan fingerprint density at radius 2 is 2.04 bits per heavy atom. The summed E-state index contributed by atoms with van der Waals surface area (Å²) >= 11 is 0. The Morgan fingerprint density at radius 1 is 1.30 bits per heavy atom. The molecule has 1 aromatic rings. The summed E-state index contributed by atoms with van der Waals surface area (Å²) in [5, 5.41) is 2.88. The highest BCUT2D eigenvalue weighted by atomic mass is 16.5. The zero-order chi connectivity index (χ0) is 16.4. The van der Waals surface area contributed by atoms with Gasteiger partial charge in [0.15, 0.2) is 6.10 Å². The van der Waals surface area contributed by atoms with Crippen molar-refractivity contribution in [3.05, 3.63) is 35.9 Å². The Balaban J connectivity index is 1.81. The molecule has 0 spiro atoms. The standard InChI is InChI=1S/C17H22N2O4/c1-17(2)11-19(8-9-23-17)16(21)15-14(18-13(20)10-22-15)12-6-4-3-5-7-12/h3-7,14-15H,8-11H2,1-2H3,(H,18,20)/t14-,15+/m1/s1. The molecule has 124 valence electrons. The van der Waals surface area contributed by atoms with E-state index in [4.69, 9.17) is 9.47 Å². The molecule has 2 fully saturated rings. The Kier molecular flexibility index (Phi) is 4.37. The summed E-state index contributed by atoms with van der Waals surface area (Å²) in [6.45, 7) is 5.40. The largest absolute Gasteiger partial charge is 0.372 e. The van der Waals surface area contributed by atoms with E-state index < -0.39 is 12.1 Å². The minimum Gasteiger partial charge on any atom is -0.372 e. The van der Waals surface area contributed by atoms with Crippen LogP contribution in [0.4, 0.5) is 0 Å². The Hall–Kier alpha value is -1.92. The lowest BCUT2D eigenvalue weighted by Crippen LogP contribution is -2.58. The number of carbonyl (C=O) groups excluding carboxylic acids is 2. The molecule has 0 saturated carbocycles. The summed E-state index contributed by atoms with van der Waals surface area (Å²) in [7, 11) is 0. The van der Waals surface area contributed by atoms with Crippen LogP contribution in [0.2, 0.25) is 0 Å². The van der Waals surface area contributed by atoms with Gasteiger partial charge in [0.25, 0.3) is 5.91 Å². The molecule has 2 atom stereocenters. The van der Waals surface area contributed by atoms with Crippen molar-refractivity contribution in [3.63, 3.8) is 0 Å². The first kappa shape index (κ1) is 16.0. The van der Waals surface area contributed by atoms with Crippen molar-refractivity contribution >= 4 is 11.8 Å². The Morgan fingerprint density at radius 3 is 2.74 bits per heavy atom. The molecule has 3 rings (SSSR count). The van der Waals surface area contributed by atoms with Gasteiger partial charge in [-0.3, -0.25) is 9.59 Å². The molecule has 0 unspecified atom stereocenters. The van der Waals surface area contributed by atoms with Crippen LogP contribution in [0, 0.1) is 0 Å². The maximum Gasteiger partial charge on any atom is 0.254 e. The van der Waals surface area contributed by atoms with Gasteiger partial charge in [-0.15, -0.1) is 0 Å². The predicted molar refractivity (Wildman–Crippen MR) is 83.7 cm³/mol. The predicted octanol–water partition coefficient (Wildman–Crippen LogP) is 0.880. The number of nitrogens with zero attached hydrogens (tertiary/aromatic N) is 1. The van der Waals surface area contributed by atoms with Gasteiger partial charge >= 0.3 is 0 Å². The lowest BCUT2D eigenvalue weighted by molar-refractivity contribution is -0.165. The summed E-state index contributed by atoms with van der Waals surface area (Å²) in [4.78, 5) is 26.4. The first-order valence-corrected chi connectivity index (χ1v) is 7.85. The van der Waals surface area contributed by atoms with Gasteiger partial charge in [0.2, 0.25) is 5.91 Å². The molecule has 6 heteroatoms. The molecule has 6 nitrogen and oxygen atoms in total. The van der Waals surface area contributed by atoms with E-state index >= 15 is 0 Å². The van der Waals surface area contributed by atoms with E-state index in [-0.39, 0.29) is 24.0 Å². The van der Waals surface area contributed by atoms with E-state index in [9.17, 15) is 9.59 Å². The first-order valence-electron chi connectivity index (χ1n) is 7.85. The third-order valence-electron chi connectivity index (χ3n) is 4.15. The van der Waals surface area contributed by atoms with E-state index in [1.165, 1.54) is 0 Å². The number of nitrogens with one attached hydrogen (secondary N) is 1. The number of amides is 2. The highest BCUT2D eigenvalue weighted by molar-refractivity contribution is 5.86. The third-order valence-corrected chi connectivity index (χ3v) is 4.15. The maximum absolute atomic E-state index is 12.9. The fourth-order valence-corrected chi connectivity index (χ4v) is 3.07. The number of benzene rings is 1. The van der Waals surface area contributed by atoms with Crippen LogP contribution in [-0.2, 0) is 19.1 Å². The van der Waals surface area contributed by atoms with Gasteiger partial charge in [0.05, 0.1) is 18.2 Å². The van der Waals surface area contributed by atoms with E-state index in [2.05, 4.69) is 5.32 Å². The Bertz CT molecular complexity index is 588. The van der Waals surface area contributed by atoms with E-state index in [1.54, 1.807) is 4.90 Å². The molecule has 2 amide bonds. The first-order chi connectivity index (χ1) is 11.0. The van der Waals surface area contributed by atoms with Gasteiger partial charge in [-0.2, -0.15) is 0 Å². The number of rotatable bonds is 2. The number of carbonyl (C=O) groups is 2. The Labute approximate surface area is 135 Å². The second-order valence-electron chi connectivity index (χ2n) is 6.56. The molecule has 1 N–H and O–H groups in total. The average Bonchev–Trinajstić information content (AvgIpc) is 2.54. The van der Waals surface area contributed by atoms with Gasteiger partial charge in [-0.25, -0.2) is 0 Å². The quantitative estimate of drug-likeness (QED) is 0.879. The second-order valence-corrected chi connectivity index (χ2v) is 6.56. The van der Waals surface area contributed by atoms with Crippen LogP contribution in [-0.4, -0.2) is 54.7 Å². The SMILES string of the molecule is CC1(C)CN(C(=O)[C@H]2OCC(=O)N[C@@H]2c2ccccc2)CCO1. The molecule has 0 bridgehead atoms. The number of ether oxygens (including phenoxy) is 2. The smallest absolute Gasteiger partial charge is 0.254 e. The van der Waals surface area contributed by atoms with Crippen LogP contribution in [0.1, 0.15) is 25.5 Å². The van der Waals surface area contributed by atoms with Gasteiger partial charge in [-0.1, -0.05) is 30.3 Å². The molecule has 0 radical (unpaired) electrons. The molecule has 0 aromatic heterocycles. The summed E-state index contributed by atoms with van der Waals surface area (Å²) < 4.78 is 11.3. The lowest BCUT2D eigenvalue weighted by atomic mass is 9.98. The van der Waals surface area contributed by atoms with Crippen LogP contribution in [0.15, 0.2) is 30.3 Å². The molecule has 2 aliphatic rings. The normalized spacial score (nSPS) is 27.4. The highest BCUT2D eigenvalue weighted by Crippen LogP contribution is 2.26. The summed E-state index contributed by atoms with van der Waals surface area (Å²) in [5.41, 5.74) is 0.500. The van der Waals surface area contributed by atoms with Crippen LogP contribution in [0.5, 0.6) is 0 Å². The monoisotopic (exact) mass is 318 g/mol. The van der Waals surface area contributed by atoms with Crippen molar-refractivity contribution in [3.8, 4) is 0 Å². The molecule has 2 saturated heterocycles. The second kappa shape index (κ2) is 6.29.